The Hall–Kier alpha value is -0.840. The molecule has 1 nitrogen and oxygen atoms in total. The molecule has 0 spiro atoms. The number of hydrogen-bond donors (Lipinski definition) is 0. The summed E-state index contributed by atoms with van der Waals surface area (Å²) in [6.07, 6.45) is 2.25. The van der Waals surface area contributed by atoms with Crippen molar-refractivity contribution in [3.8, 4) is 5.75 Å². The van der Waals surface area contributed by atoms with E-state index in [4.69, 9.17) is 4.74 Å². The summed E-state index contributed by atoms with van der Waals surface area (Å²) < 4.78 is 8.46. The fraction of sp³-hybridized carbons (Fsp3) is 0.250. The molecule has 0 saturated heterocycles. The molecule has 1 unspecified atom stereocenters. The van der Waals surface area contributed by atoms with Gasteiger partial charge >= 0.3 is 0 Å². The minimum atomic E-state index is 0.277. The molecule has 1 aliphatic rings. The predicted octanol–water partition coefficient (Wildman–Crippen LogP) is 5.77. The van der Waals surface area contributed by atoms with E-state index in [0.717, 1.165) is 25.2 Å². The zero-order valence-corrected chi connectivity index (χ0v) is 14.0. The standard InChI is InChI=1S/C16H13BrOS2/c17-16(15-9-14-13(20-15)5-7-19-14)11-3-4-12-10(8-11)2-1-6-18-12/h3-5,7-9,16H,1-2,6H2. The van der Waals surface area contributed by atoms with Gasteiger partial charge in [0.2, 0.25) is 0 Å². The largest absolute Gasteiger partial charge is 0.493 e. The van der Waals surface area contributed by atoms with E-state index in [1.807, 2.05) is 22.7 Å². The number of ether oxygens (including phenoxy) is 1. The lowest BCUT2D eigenvalue weighted by Crippen LogP contribution is -2.08. The number of benzene rings is 1. The fourth-order valence-electron chi connectivity index (χ4n) is 2.61. The van der Waals surface area contributed by atoms with Crippen LogP contribution < -0.4 is 4.74 Å². The second-order valence-electron chi connectivity index (χ2n) is 4.98. The van der Waals surface area contributed by atoms with Gasteiger partial charge < -0.3 is 4.74 Å². The van der Waals surface area contributed by atoms with Gasteiger partial charge in [-0.3, -0.25) is 0 Å². The van der Waals surface area contributed by atoms with Crippen molar-refractivity contribution in [3.63, 3.8) is 0 Å². The molecule has 2 aromatic heterocycles. The van der Waals surface area contributed by atoms with Crippen molar-refractivity contribution >= 4 is 48.0 Å². The Morgan fingerprint density at radius 3 is 3.00 bits per heavy atom. The first-order valence-corrected chi connectivity index (χ1v) is 9.29. The number of aryl methyl sites for hydroxylation is 1. The van der Waals surface area contributed by atoms with E-state index in [1.165, 1.54) is 25.4 Å². The number of thiophene rings is 2. The van der Waals surface area contributed by atoms with Crippen molar-refractivity contribution in [2.75, 3.05) is 6.61 Å². The van der Waals surface area contributed by atoms with Crippen molar-refractivity contribution in [3.05, 3.63) is 51.7 Å². The molecule has 0 aliphatic carbocycles. The summed E-state index contributed by atoms with van der Waals surface area (Å²) in [5, 5.41) is 2.16. The Kier molecular flexibility index (Phi) is 3.33. The van der Waals surface area contributed by atoms with Crippen molar-refractivity contribution < 1.29 is 4.74 Å². The lowest BCUT2D eigenvalue weighted by Gasteiger charge is -2.19. The molecule has 0 fully saturated rings. The Morgan fingerprint density at radius 2 is 2.10 bits per heavy atom. The van der Waals surface area contributed by atoms with Gasteiger partial charge in [0, 0.05) is 14.3 Å². The highest BCUT2D eigenvalue weighted by Gasteiger charge is 2.17. The maximum Gasteiger partial charge on any atom is 0.122 e. The van der Waals surface area contributed by atoms with Gasteiger partial charge in [0.15, 0.2) is 0 Å². The van der Waals surface area contributed by atoms with Crippen LogP contribution in [0.25, 0.3) is 9.40 Å². The van der Waals surface area contributed by atoms with E-state index < -0.39 is 0 Å². The Balaban J connectivity index is 1.70. The predicted molar refractivity (Wildman–Crippen MR) is 90.7 cm³/mol. The molecule has 1 aliphatic heterocycles. The smallest absolute Gasteiger partial charge is 0.122 e. The Bertz CT molecular complexity index is 730. The molecule has 0 saturated carbocycles. The van der Waals surface area contributed by atoms with Crippen molar-refractivity contribution in [2.45, 2.75) is 17.7 Å². The SMILES string of the molecule is BrC(c1ccc2c(c1)CCCO2)c1cc2sccc2s1. The van der Waals surface area contributed by atoms with Crippen molar-refractivity contribution in [1.29, 1.82) is 0 Å². The molecule has 0 amide bonds. The second-order valence-corrected chi connectivity index (χ2v) is 7.96. The van der Waals surface area contributed by atoms with E-state index in [9.17, 15) is 0 Å². The molecule has 4 rings (SSSR count). The molecular weight excluding hydrogens is 352 g/mol. The molecule has 0 bridgehead atoms. The van der Waals surface area contributed by atoms with Crippen LogP contribution in [0, 0.1) is 0 Å². The number of halogens is 1. The number of fused-ring (bicyclic) bond motifs is 2. The molecule has 0 radical (unpaired) electrons. The summed E-state index contributed by atoms with van der Waals surface area (Å²) in [6, 6.07) is 11.1. The van der Waals surface area contributed by atoms with Crippen LogP contribution in [0.5, 0.6) is 5.75 Å². The first-order valence-electron chi connectivity index (χ1n) is 6.68. The van der Waals surface area contributed by atoms with Gasteiger partial charge in [0.25, 0.3) is 0 Å². The maximum absolute atomic E-state index is 5.69. The van der Waals surface area contributed by atoms with Crippen molar-refractivity contribution in [2.24, 2.45) is 0 Å². The molecule has 0 N–H and O–H groups in total. The Labute approximate surface area is 134 Å². The molecule has 4 heteroatoms. The monoisotopic (exact) mass is 364 g/mol. The van der Waals surface area contributed by atoms with E-state index in [2.05, 4.69) is 51.6 Å². The van der Waals surface area contributed by atoms with Gasteiger partial charge in [0.05, 0.1) is 11.4 Å². The molecule has 3 aromatic rings. The van der Waals surface area contributed by atoms with Gasteiger partial charge in [-0.05, 0) is 47.5 Å². The average Bonchev–Trinajstić information content (AvgIpc) is 3.07. The van der Waals surface area contributed by atoms with Gasteiger partial charge in [0.1, 0.15) is 5.75 Å². The van der Waals surface area contributed by atoms with Crippen LogP contribution in [0.15, 0.2) is 35.7 Å². The van der Waals surface area contributed by atoms with Gasteiger partial charge in [-0.2, -0.15) is 0 Å². The normalized spacial score (nSPS) is 15.8. The zero-order chi connectivity index (χ0) is 13.5. The lowest BCUT2D eigenvalue weighted by atomic mass is 10.0. The third-order valence-corrected chi connectivity index (χ3v) is 7.12. The van der Waals surface area contributed by atoms with Crippen LogP contribution in [-0.2, 0) is 6.42 Å². The summed E-state index contributed by atoms with van der Waals surface area (Å²) in [6.45, 7) is 0.852. The minimum absolute atomic E-state index is 0.277. The average molecular weight is 365 g/mol. The summed E-state index contributed by atoms with van der Waals surface area (Å²) in [5.74, 6) is 1.06. The first kappa shape index (κ1) is 12.9. The Morgan fingerprint density at radius 1 is 1.15 bits per heavy atom. The van der Waals surface area contributed by atoms with Crippen molar-refractivity contribution in [1.82, 2.24) is 0 Å². The summed E-state index contributed by atoms with van der Waals surface area (Å²) in [7, 11) is 0. The van der Waals surface area contributed by atoms with E-state index >= 15 is 0 Å². The third-order valence-electron chi connectivity index (χ3n) is 3.63. The zero-order valence-electron chi connectivity index (χ0n) is 10.8. The third kappa shape index (κ3) is 2.20. The number of rotatable bonds is 2. The van der Waals surface area contributed by atoms with Crippen LogP contribution in [-0.4, -0.2) is 6.61 Å². The van der Waals surface area contributed by atoms with Gasteiger partial charge in [-0.1, -0.05) is 28.1 Å². The number of alkyl halides is 1. The van der Waals surface area contributed by atoms with Crippen LogP contribution in [0.4, 0.5) is 0 Å². The topological polar surface area (TPSA) is 9.23 Å². The van der Waals surface area contributed by atoms with E-state index in [1.54, 1.807) is 0 Å². The lowest BCUT2D eigenvalue weighted by molar-refractivity contribution is 0.288. The molecule has 1 atom stereocenters. The van der Waals surface area contributed by atoms with Gasteiger partial charge in [-0.25, -0.2) is 0 Å². The first-order chi connectivity index (χ1) is 9.81. The van der Waals surface area contributed by atoms with Crippen LogP contribution in [0.1, 0.15) is 27.3 Å². The molecule has 1 aromatic carbocycles. The minimum Gasteiger partial charge on any atom is -0.493 e. The maximum atomic E-state index is 5.69. The van der Waals surface area contributed by atoms with Crippen LogP contribution in [0.3, 0.4) is 0 Å². The van der Waals surface area contributed by atoms with Gasteiger partial charge in [-0.15, -0.1) is 22.7 Å². The number of hydrogen-bond acceptors (Lipinski definition) is 3. The molecule has 3 heterocycles. The highest BCUT2D eigenvalue weighted by molar-refractivity contribution is 9.09. The van der Waals surface area contributed by atoms with Crippen LogP contribution in [0.2, 0.25) is 0 Å². The summed E-state index contributed by atoms with van der Waals surface area (Å²) >= 11 is 7.55. The summed E-state index contributed by atoms with van der Waals surface area (Å²) in [4.78, 5) is 1.66. The second kappa shape index (κ2) is 5.17. The fourth-order valence-corrected chi connectivity index (χ4v) is 5.43. The molecular formula is C16H13BrOS2. The quantitative estimate of drug-likeness (QED) is 0.524. The van der Waals surface area contributed by atoms with E-state index in [-0.39, 0.29) is 4.83 Å². The molecule has 102 valence electrons. The highest BCUT2D eigenvalue weighted by Crippen LogP contribution is 2.41. The molecule has 20 heavy (non-hydrogen) atoms. The highest BCUT2D eigenvalue weighted by atomic mass is 79.9. The van der Waals surface area contributed by atoms with E-state index in [0.29, 0.717) is 0 Å². The van der Waals surface area contributed by atoms with Crippen LogP contribution >= 0.6 is 38.6 Å². The summed E-state index contributed by atoms with van der Waals surface area (Å²) in [5.41, 5.74) is 2.67.